The number of carboxylic acids is 1. The number of pyridine rings is 2. The molecule has 0 bridgehead atoms. The lowest BCUT2D eigenvalue weighted by molar-refractivity contribution is 0.0695. The van der Waals surface area contributed by atoms with Gasteiger partial charge in [0.1, 0.15) is 11.2 Å². The minimum Gasteiger partial charge on any atom is -0.477 e. The van der Waals surface area contributed by atoms with Crippen LogP contribution in [-0.2, 0) is 6.54 Å². The summed E-state index contributed by atoms with van der Waals surface area (Å²) in [7, 11) is 0. The molecule has 0 amide bonds. The highest BCUT2D eigenvalue weighted by Crippen LogP contribution is 2.27. The lowest BCUT2D eigenvalue weighted by atomic mass is 10.0. The average Bonchev–Trinajstić information content (AvgIpc) is 2.47. The molecule has 0 saturated carbocycles. The number of hydrogen-bond donors (Lipinski definition) is 2. The minimum absolute atomic E-state index is 0.0242. The molecule has 1 aliphatic heterocycles. The van der Waals surface area contributed by atoms with E-state index < -0.39 is 17.2 Å². The van der Waals surface area contributed by atoms with Crippen LogP contribution in [0.4, 0.5) is 10.2 Å². The molecular formula is C15H17FN4O3. The number of carboxylic acid groups (broad SMARTS) is 1. The molecule has 3 N–H and O–H groups in total. The first-order valence-electron chi connectivity index (χ1n) is 7.38. The van der Waals surface area contributed by atoms with Crippen LogP contribution in [-0.4, -0.2) is 40.3 Å². The third-order valence-electron chi connectivity index (χ3n) is 4.14. The SMILES string of the molecule is CCn1cc(C(=O)O)c(=O)c2cc(F)c(N3CC(CN)C3)nc21. The summed E-state index contributed by atoms with van der Waals surface area (Å²) in [5.41, 5.74) is 4.75. The van der Waals surface area contributed by atoms with E-state index in [0.717, 1.165) is 6.07 Å². The number of aryl methyl sites for hydroxylation is 1. The predicted molar refractivity (Wildman–Crippen MR) is 83.4 cm³/mol. The highest BCUT2D eigenvalue weighted by atomic mass is 19.1. The van der Waals surface area contributed by atoms with E-state index in [1.165, 1.54) is 6.20 Å². The van der Waals surface area contributed by atoms with E-state index in [1.807, 2.05) is 0 Å². The van der Waals surface area contributed by atoms with Gasteiger partial charge in [0.15, 0.2) is 11.6 Å². The Morgan fingerprint density at radius 2 is 2.22 bits per heavy atom. The van der Waals surface area contributed by atoms with Crippen LogP contribution in [0.3, 0.4) is 0 Å². The number of aromatic nitrogens is 2. The summed E-state index contributed by atoms with van der Waals surface area (Å²) in [4.78, 5) is 29.4. The van der Waals surface area contributed by atoms with Gasteiger partial charge in [-0.15, -0.1) is 0 Å². The van der Waals surface area contributed by atoms with Gasteiger partial charge in [-0.2, -0.15) is 0 Å². The van der Waals surface area contributed by atoms with Gasteiger partial charge in [0.2, 0.25) is 5.43 Å². The summed E-state index contributed by atoms with van der Waals surface area (Å²) < 4.78 is 15.9. The van der Waals surface area contributed by atoms with Crippen LogP contribution in [0.2, 0.25) is 0 Å². The topological polar surface area (TPSA) is 101 Å². The lowest BCUT2D eigenvalue weighted by Crippen LogP contribution is -2.50. The summed E-state index contributed by atoms with van der Waals surface area (Å²) in [6, 6.07) is 1.08. The molecule has 0 atom stereocenters. The fraction of sp³-hybridized carbons (Fsp3) is 0.400. The van der Waals surface area contributed by atoms with Crippen molar-refractivity contribution in [2.75, 3.05) is 24.5 Å². The maximum Gasteiger partial charge on any atom is 0.341 e. The second kappa shape index (κ2) is 5.62. The van der Waals surface area contributed by atoms with Crippen molar-refractivity contribution in [3.63, 3.8) is 0 Å². The summed E-state index contributed by atoms with van der Waals surface area (Å²) in [6.45, 7) is 3.99. The minimum atomic E-state index is -1.34. The molecule has 3 heterocycles. The lowest BCUT2D eigenvalue weighted by Gasteiger charge is -2.39. The van der Waals surface area contributed by atoms with Gasteiger partial charge >= 0.3 is 5.97 Å². The molecule has 0 aliphatic carbocycles. The van der Waals surface area contributed by atoms with Crippen LogP contribution in [0.25, 0.3) is 11.0 Å². The van der Waals surface area contributed by atoms with Crippen molar-refractivity contribution in [1.82, 2.24) is 9.55 Å². The highest BCUT2D eigenvalue weighted by Gasteiger charge is 2.29. The molecular weight excluding hydrogens is 303 g/mol. The van der Waals surface area contributed by atoms with E-state index in [1.54, 1.807) is 16.4 Å². The zero-order valence-corrected chi connectivity index (χ0v) is 12.6. The first kappa shape index (κ1) is 15.4. The Kier molecular flexibility index (Phi) is 3.77. The van der Waals surface area contributed by atoms with Crippen molar-refractivity contribution in [2.24, 2.45) is 11.7 Å². The van der Waals surface area contributed by atoms with E-state index in [4.69, 9.17) is 10.8 Å². The average molecular weight is 320 g/mol. The molecule has 7 nitrogen and oxygen atoms in total. The van der Waals surface area contributed by atoms with Crippen LogP contribution < -0.4 is 16.1 Å². The number of carbonyl (C=O) groups is 1. The maximum atomic E-state index is 14.3. The Hall–Kier alpha value is -2.48. The van der Waals surface area contributed by atoms with Crippen LogP contribution >= 0.6 is 0 Å². The van der Waals surface area contributed by atoms with Crippen LogP contribution in [0.1, 0.15) is 17.3 Å². The molecule has 1 saturated heterocycles. The largest absolute Gasteiger partial charge is 0.477 e. The number of rotatable bonds is 4. The zero-order valence-electron chi connectivity index (χ0n) is 12.6. The summed E-state index contributed by atoms with van der Waals surface area (Å²) >= 11 is 0. The molecule has 2 aromatic heterocycles. The van der Waals surface area contributed by atoms with E-state index >= 15 is 0 Å². The van der Waals surface area contributed by atoms with Gasteiger partial charge in [0.05, 0.1) is 5.39 Å². The van der Waals surface area contributed by atoms with Gasteiger partial charge in [0.25, 0.3) is 0 Å². The quantitative estimate of drug-likeness (QED) is 0.857. The normalized spacial score (nSPS) is 15.0. The van der Waals surface area contributed by atoms with E-state index in [-0.39, 0.29) is 22.4 Å². The summed E-state index contributed by atoms with van der Waals surface area (Å²) in [6.07, 6.45) is 1.25. The maximum absolute atomic E-state index is 14.3. The van der Waals surface area contributed by atoms with E-state index in [9.17, 15) is 14.0 Å². The molecule has 1 aliphatic rings. The Balaban J connectivity index is 2.18. The molecule has 2 aromatic rings. The molecule has 0 radical (unpaired) electrons. The van der Waals surface area contributed by atoms with Gasteiger partial charge in [-0.05, 0) is 19.5 Å². The molecule has 3 rings (SSSR count). The smallest absolute Gasteiger partial charge is 0.341 e. The molecule has 0 unspecified atom stereocenters. The van der Waals surface area contributed by atoms with Gasteiger partial charge in [-0.25, -0.2) is 14.2 Å². The monoisotopic (exact) mass is 320 g/mol. The number of halogens is 1. The van der Waals surface area contributed by atoms with Crippen molar-refractivity contribution in [3.8, 4) is 0 Å². The third kappa shape index (κ3) is 2.44. The zero-order chi connectivity index (χ0) is 16.7. The number of hydrogen-bond acceptors (Lipinski definition) is 5. The van der Waals surface area contributed by atoms with E-state index in [2.05, 4.69) is 4.98 Å². The second-order valence-electron chi connectivity index (χ2n) is 5.63. The van der Waals surface area contributed by atoms with Crippen molar-refractivity contribution in [1.29, 1.82) is 0 Å². The Bertz CT molecular complexity index is 843. The van der Waals surface area contributed by atoms with Crippen LogP contribution in [0.5, 0.6) is 0 Å². The molecule has 1 fully saturated rings. The van der Waals surface area contributed by atoms with Gasteiger partial charge in [0, 0.05) is 31.7 Å². The van der Waals surface area contributed by atoms with E-state index in [0.29, 0.717) is 32.1 Å². The Morgan fingerprint density at radius 3 is 2.78 bits per heavy atom. The fourth-order valence-corrected chi connectivity index (χ4v) is 2.78. The van der Waals surface area contributed by atoms with Crippen molar-refractivity contribution >= 4 is 22.8 Å². The van der Waals surface area contributed by atoms with Gasteiger partial charge in [-0.1, -0.05) is 0 Å². The van der Waals surface area contributed by atoms with Crippen LogP contribution in [0, 0.1) is 11.7 Å². The molecule has 8 heteroatoms. The van der Waals surface area contributed by atoms with Crippen molar-refractivity contribution < 1.29 is 14.3 Å². The van der Waals surface area contributed by atoms with Gasteiger partial charge in [-0.3, -0.25) is 4.79 Å². The predicted octanol–water partition coefficient (Wildman–Crippen LogP) is 0.649. The fourth-order valence-electron chi connectivity index (χ4n) is 2.78. The number of anilines is 1. The molecule has 23 heavy (non-hydrogen) atoms. The van der Waals surface area contributed by atoms with Crippen LogP contribution in [0.15, 0.2) is 17.1 Å². The Labute approximate surface area is 131 Å². The second-order valence-corrected chi connectivity index (χ2v) is 5.63. The number of aromatic carboxylic acids is 1. The molecule has 0 aromatic carbocycles. The van der Waals surface area contributed by atoms with Gasteiger partial charge < -0.3 is 20.3 Å². The standard InChI is InChI=1S/C15H17FN4O3/c1-2-19-7-10(15(22)23)12(21)9-3-11(16)14(18-13(9)19)20-5-8(4-17)6-20/h3,7-8H,2,4-6,17H2,1H3,(H,22,23). The highest BCUT2D eigenvalue weighted by molar-refractivity contribution is 5.92. The first-order valence-corrected chi connectivity index (χ1v) is 7.38. The molecule has 0 spiro atoms. The third-order valence-corrected chi connectivity index (χ3v) is 4.14. The number of fused-ring (bicyclic) bond motifs is 1. The first-order chi connectivity index (χ1) is 11.0. The molecule has 122 valence electrons. The number of nitrogens with two attached hydrogens (primary N) is 1. The Morgan fingerprint density at radius 1 is 1.52 bits per heavy atom. The number of nitrogens with zero attached hydrogens (tertiary/aromatic N) is 3. The summed E-state index contributed by atoms with van der Waals surface area (Å²) in [5.74, 6) is -1.48. The van der Waals surface area contributed by atoms with Crippen molar-refractivity contribution in [3.05, 3.63) is 33.9 Å². The van der Waals surface area contributed by atoms with Crippen molar-refractivity contribution in [2.45, 2.75) is 13.5 Å². The summed E-state index contributed by atoms with van der Waals surface area (Å²) in [5, 5.41) is 9.09.